The first-order valence-electron chi connectivity index (χ1n) is 10.6. The molecule has 2 heterocycles. The molecule has 2 fully saturated rings. The minimum absolute atomic E-state index is 0.0687. The maximum Gasteiger partial charge on any atom is 0.225 e. The van der Waals surface area contributed by atoms with E-state index in [0.717, 1.165) is 49.6 Å². The predicted molar refractivity (Wildman–Crippen MR) is 105 cm³/mol. The number of amides is 1. The van der Waals surface area contributed by atoms with Crippen LogP contribution in [0, 0.1) is 5.92 Å². The predicted octanol–water partition coefficient (Wildman–Crippen LogP) is 3.16. The van der Waals surface area contributed by atoms with Crippen LogP contribution < -0.4 is 10.2 Å². The summed E-state index contributed by atoms with van der Waals surface area (Å²) in [6.45, 7) is 5.84. The average Bonchev–Trinajstić information content (AvgIpc) is 3.13. The molecule has 148 valence electrons. The standard InChI is InChI=1S/C21H32N4O2/c1-14-12-25(13-15(2)27-14)21-22-11-17-18(8-5-9-19(17)24-21)23-20(26)10-16-6-3-4-7-16/h11,14-16,18H,3-10,12-13H2,1-2H3,(H,23,26)/t14-,15+,18-/m0/s1. The molecule has 1 aromatic heterocycles. The van der Waals surface area contributed by atoms with Gasteiger partial charge in [-0.05, 0) is 51.9 Å². The molecule has 0 bridgehead atoms. The molecule has 6 nitrogen and oxygen atoms in total. The van der Waals surface area contributed by atoms with Crippen molar-refractivity contribution in [1.82, 2.24) is 15.3 Å². The van der Waals surface area contributed by atoms with E-state index in [1.165, 1.54) is 25.7 Å². The van der Waals surface area contributed by atoms with Crippen molar-refractivity contribution in [3.05, 3.63) is 17.5 Å². The Morgan fingerprint density at radius 1 is 1.19 bits per heavy atom. The van der Waals surface area contributed by atoms with E-state index in [0.29, 0.717) is 12.3 Å². The molecule has 1 aromatic rings. The van der Waals surface area contributed by atoms with Crippen LogP contribution in [0.4, 0.5) is 5.95 Å². The highest BCUT2D eigenvalue weighted by atomic mass is 16.5. The van der Waals surface area contributed by atoms with E-state index in [1.54, 1.807) is 0 Å². The first-order valence-corrected chi connectivity index (χ1v) is 10.6. The van der Waals surface area contributed by atoms with Gasteiger partial charge in [0.05, 0.1) is 23.9 Å². The fraction of sp³-hybridized carbons (Fsp3) is 0.762. The van der Waals surface area contributed by atoms with Gasteiger partial charge in [-0.15, -0.1) is 0 Å². The SMILES string of the molecule is C[C@@H]1CN(c2ncc3c(n2)CCC[C@@H]3NC(=O)CC2CCCC2)C[C@H](C)O1. The summed E-state index contributed by atoms with van der Waals surface area (Å²) < 4.78 is 5.82. The summed E-state index contributed by atoms with van der Waals surface area (Å²) >= 11 is 0. The number of carbonyl (C=O) groups excluding carboxylic acids is 1. The van der Waals surface area contributed by atoms with Gasteiger partial charge in [-0.1, -0.05) is 12.8 Å². The molecule has 3 atom stereocenters. The van der Waals surface area contributed by atoms with Gasteiger partial charge in [0, 0.05) is 31.3 Å². The number of anilines is 1. The average molecular weight is 373 g/mol. The lowest BCUT2D eigenvalue weighted by Gasteiger charge is -2.36. The molecular formula is C21H32N4O2. The first-order chi connectivity index (χ1) is 13.1. The van der Waals surface area contributed by atoms with Crippen molar-refractivity contribution in [2.75, 3.05) is 18.0 Å². The van der Waals surface area contributed by atoms with Gasteiger partial charge in [-0.2, -0.15) is 0 Å². The van der Waals surface area contributed by atoms with Gasteiger partial charge in [0.15, 0.2) is 0 Å². The number of hydrogen-bond donors (Lipinski definition) is 1. The summed E-state index contributed by atoms with van der Waals surface area (Å²) in [5, 5.41) is 3.26. The molecule has 27 heavy (non-hydrogen) atoms. The van der Waals surface area contributed by atoms with Crippen molar-refractivity contribution < 1.29 is 9.53 Å². The zero-order valence-corrected chi connectivity index (χ0v) is 16.6. The highest BCUT2D eigenvalue weighted by molar-refractivity contribution is 5.76. The largest absolute Gasteiger partial charge is 0.372 e. The molecule has 3 aliphatic rings. The monoisotopic (exact) mass is 372 g/mol. The molecule has 1 N–H and O–H groups in total. The van der Waals surface area contributed by atoms with Crippen LogP contribution in [-0.4, -0.2) is 41.2 Å². The molecular weight excluding hydrogens is 340 g/mol. The van der Waals surface area contributed by atoms with E-state index in [4.69, 9.17) is 9.72 Å². The lowest BCUT2D eigenvalue weighted by molar-refractivity contribution is -0.122. The Hall–Kier alpha value is -1.69. The van der Waals surface area contributed by atoms with Gasteiger partial charge >= 0.3 is 0 Å². The van der Waals surface area contributed by atoms with Crippen LogP contribution in [0.3, 0.4) is 0 Å². The molecule has 2 aliphatic carbocycles. The number of rotatable bonds is 4. The van der Waals surface area contributed by atoms with Crippen molar-refractivity contribution in [2.45, 2.75) is 83.5 Å². The highest BCUT2D eigenvalue weighted by Crippen LogP contribution is 2.31. The molecule has 1 saturated carbocycles. The molecule has 4 rings (SSSR count). The fourth-order valence-electron chi connectivity index (χ4n) is 4.91. The van der Waals surface area contributed by atoms with Crippen LogP contribution in [-0.2, 0) is 16.0 Å². The van der Waals surface area contributed by atoms with Crippen molar-refractivity contribution in [3.63, 3.8) is 0 Å². The Kier molecular flexibility index (Phi) is 5.62. The minimum atomic E-state index is 0.0687. The molecule has 0 unspecified atom stereocenters. The Labute approximate surface area is 162 Å². The molecule has 0 spiro atoms. The van der Waals surface area contributed by atoms with E-state index in [-0.39, 0.29) is 24.2 Å². The fourth-order valence-corrected chi connectivity index (χ4v) is 4.91. The number of fused-ring (bicyclic) bond motifs is 1. The van der Waals surface area contributed by atoms with Gasteiger partial charge in [0.2, 0.25) is 11.9 Å². The second kappa shape index (κ2) is 8.13. The third-order valence-electron chi connectivity index (χ3n) is 6.16. The molecule has 1 amide bonds. The van der Waals surface area contributed by atoms with Crippen molar-refractivity contribution in [1.29, 1.82) is 0 Å². The second-order valence-corrected chi connectivity index (χ2v) is 8.60. The highest BCUT2D eigenvalue weighted by Gasteiger charge is 2.28. The summed E-state index contributed by atoms with van der Waals surface area (Å²) in [7, 11) is 0. The minimum Gasteiger partial charge on any atom is -0.372 e. The van der Waals surface area contributed by atoms with Crippen LogP contribution in [0.1, 0.15) is 76.1 Å². The molecule has 6 heteroatoms. The van der Waals surface area contributed by atoms with Crippen LogP contribution in [0.15, 0.2) is 6.20 Å². The third-order valence-corrected chi connectivity index (χ3v) is 6.16. The molecule has 0 radical (unpaired) electrons. The van der Waals surface area contributed by atoms with Crippen LogP contribution in [0.5, 0.6) is 0 Å². The Balaban J connectivity index is 1.44. The maximum atomic E-state index is 12.5. The van der Waals surface area contributed by atoms with E-state index < -0.39 is 0 Å². The van der Waals surface area contributed by atoms with Crippen LogP contribution in [0.2, 0.25) is 0 Å². The van der Waals surface area contributed by atoms with Gasteiger partial charge in [-0.3, -0.25) is 4.79 Å². The first kappa shape index (κ1) is 18.7. The quantitative estimate of drug-likeness (QED) is 0.879. The number of carbonyl (C=O) groups is 1. The summed E-state index contributed by atoms with van der Waals surface area (Å²) in [6.07, 6.45) is 11.0. The van der Waals surface area contributed by atoms with Crippen molar-refractivity contribution in [3.8, 4) is 0 Å². The van der Waals surface area contributed by atoms with E-state index >= 15 is 0 Å². The van der Waals surface area contributed by atoms with Crippen LogP contribution in [0.25, 0.3) is 0 Å². The van der Waals surface area contributed by atoms with Crippen LogP contribution >= 0.6 is 0 Å². The lowest BCUT2D eigenvalue weighted by atomic mass is 9.92. The summed E-state index contributed by atoms with van der Waals surface area (Å²) in [4.78, 5) is 24.2. The zero-order chi connectivity index (χ0) is 18.8. The smallest absolute Gasteiger partial charge is 0.225 e. The summed E-state index contributed by atoms with van der Waals surface area (Å²) in [5.41, 5.74) is 2.21. The maximum absolute atomic E-state index is 12.5. The van der Waals surface area contributed by atoms with E-state index in [1.807, 2.05) is 6.20 Å². The topological polar surface area (TPSA) is 67.4 Å². The van der Waals surface area contributed by atoms with Gasteiger partial charge in [0.1, 0.15) is 0 Å². The summed E-state index contributed by atoms with van der Waals surface area (Å²) in [6, 6.07) is 0.0687. The number of nitrogens with one attached hydrogen (secondary N) is 1. The van der Waals surface area contributed by atoms with Crippen molar-refractivity contribution >= 4 is 11.9 Å². The number of aryl methyl sites for hydroxylation is 1. The number of nitrogens with zero attached hydrogens (tertiary/aromatic N) is 3. The van der Waals surface area contributed by atoms with E-state index in [9.17, 15) is 4.79 Å². The summed E-state index contributed by atoms with van der Waals surface area (Å²) in [5.74, 6) is 1.57. The third kappa shape index (κ3) is 4.42. The number of morpholine rings is 1. The number of aromatic nitrogens is 2. The second-order valence-electron chi connectivity index (χ2n) is 8.60. The Bertz CT molecular complexity index is 664. The molecule has 0 aromatic carbocycles. The number of hydrogen-bond acceptors (Lipinski definition) is 5. The Morgan fingerprint density at radius 2 is 1.93 bits per heavy atom. The number of ether oxygens (including phenoxy) is 1. The van der Waals surface area contributed by atoms with Gasteiger partial charge in [-0.25, -0.2) is 9.97 Å². The van der Waals surface area contributed by atoms with Gasteiger partial charge < -0.3 is 15.0 Å². The van der Waals surface area contributed by atoms with E-state index in [2.05, 4.69) is 29.0 Å². The Morgan fingerprint density at radius 3 is 2.67 bits per heavy atom. The van der Waals surface area contributed by atoms with Crippen molar-refractivity contribution in [2.24, 2.45) is 5.92 Å². The molecule has 1 aliphatic heterocycles. The lowest BCUT2D eigenvalue weighted by Crippen LogP contribution is -2.46. The zero-order valence-electron chi connectivity index (χ0n) is 16.6. The van der Waals surface area contributed by atoms with Gasteiger partial charge in [0.25, 0.3) is 0 Å². The normalized spacial score (nSPS) is 28.8. The molecule has 1 saturated heterocycles.